The second kappa shape index (κ2) is 8.28. The van der Waals surface area contributed by atoms with E-state index in [1.807, 2.05) is 6.92 Å². The summed E-state index contributed by atoms with van der Waals surface area (Å²) in [6.45, 7) is 4.27. The first-order valence-corrected chi connectivity index (χ1v) is 6.30. The fourth-order valence-corrected chi connectivity index (χ4v) is 1.41. The molecule has 0 aliphatic heterocycles. The molecule has 0 saturated heterocycles. The zero-order valence-electron chi connectivity index (χ0n) is 11.7. The number of carbonyl (C=O) groups excluding carboxylic acids is 1. The van der Waals surface area contributed by atoms with Crippen LogP contribution in [0.4, 0.5) is 10.1 Å². The normalized spacial score (nSPS) is 12.0. The number of halogens is 1. The van der Waals surface area contributed by atoms with Gasteiger partial charge < -0.3 is 14.2 Å². The number of nitro groups is 1. The Morgan fingerprint density at radius 1 is 1.43 bits per heavy atom. The molecule has 0 radical (unpaired) electrons. The summed E-state index contributed by atoms with van der Waals surface area (Å²) in [4.78, 5) is 21.7. The number of rotatable bonds is 8. The van der Waals surface area contributed by atoms with E-state index in [-0.39, 0.29) is 6.61 Å². The smallest absolute Gasteiger partial charge is 0.340 e. The van der Waals surface area contributed by atoms with Crippen LogP contribution in [0.15, 0.2) is 18.2 Å². The minimum atomic E-state index is -0.951. The minimum absolute atomic E-state index is 0.176. The van der Waals surface area contributed by atoms with Crippen molar-refractivity contribution < 1.29 is 28.3 Å². The Morgan fingerprint density at radius 3 is 2.76 bits per heavy atom. The van der Waals surface area contributed by atoms with E-state index in [0.29, 0.717) is 13.2 Å². The molecule has 1 unspecified atom stereocenters. The zero-order valence-corrected chi connectivity index (χ0v) is 11.7. The van der Waals surface area contributed by atoms with Crippen LogP contribution in [0, 0.1) is 15.9 Å². The molecular weight excluding hydrogens is 285 g/mol. The van der Waals surface area contributed by atoms with Crippen molar-refractivity contribution in [3.05, 3.63) is 34.1 Å². The Labute approximate surface area is 120 Å². The van der Waals surface area contributed by atoms with Crippen LogP contribution < -0.4 is 4.74 Å². The number of nitrogens with zero attached hydrogens (tertiary/aromatic N) is 1. The van der Waals surface area contributed by atoms with E-state index in [2.05, 4.69) is 0 Å². The van der Waals surface area contributed by atoms with Gasteiger partial charge in [-0.05, 0) is 19.9 Å². The van der Waals surface area contributed by atoms with Crippen LogP contribution in [0.25, 0.3) is 0 Å². The Hall–Kier alpha value is -2.06. The van der Waals surface area contributed by atoms with Gasteiger partial charge in [-0.2, -0.15) is 0 Å². The highest BCUT2D eigenvalue weighted by Gasteiger charge is 2.22. The quantitative estimate of drug-likeness (QED) is 0.240. The molecule has 1 aromatic carbocycles. The first kappa shape index (κ1) is 17.0. The van der Waals surface area contributed by atoms with Crippen molar-refractivity contribution in [2.75, 3.05) is 19.8 Å². The van der Waals surface area contributed by atoms with Crippen molar-refractivity contribution in [2.24, 2.45) is 0 Å². The van der Waals surface area contributed by atoms with E-state index in [0.717, 1.165) is 18.2 Å². The number of hydrogen-bond acceptors (Lipinski definition) is 6. The minimum Gasteiger partial charge on any atom is -0.417 e. The largest absolute Gasteiger partial charge is 0.417 e. The summed E-state index contributed by atoms with van der Waals surface area (Å²) in [6, 6.07) is 2.62. The van der Waals surface area contributed by atoms with Gasteiger partial charge in [0.1, 0.15) is 5.82 Å². The lowest BCUT2D eigenvalue weighted by molar-refractivity contribution is -0.385. The van der Waals surface area contributed by atoms with Gasteiger partial charge in [-0.1, -0.05) is 0 Å². The van der Waals surface area contributed by atoms with E-state index >= 15 is 0 Å². The number of benzene rings is 1. The van der Waals surface area contributed by atoms with E-state index in [9.17, 15) is 19.3 Å². The lowest BCUT2D eigenvalue weighted by Gasteiger charge is -2.12. The van der Waals surface area contributed by atoms with Crippen molar-refractivity contribution in [3.63, 3.8) is 0 Å². The molecular formula is C13H16FNO6. The number of nitro benzene ring substituents is 1. The van der Waals surface area contributed by atoms with Crippen molar-refractivity contribution in [1.82, 2.24) is 0 Å². The molecule has 0 spiro atoms. The molecule has 0 fully saturated rings. The number of esters is 1. The summed E-state index contributed by atoms with van der Waals surface area (Å²) < 4.78 is 28.1. The molecule has 0 saturated carbocycles. The summed E-state index contributed by atoms with van der Waals surface area (Å²) in [6.07, 6.45) is -0.951. The van der Waals surface area contributed by atoms with Crippen molar-refractivity contribution in [3.8, 4) is 5.75 Å². The van der Waals surface area contributed by atoms with E-state index in [4.69, 9.17) is 14.2 Å². The predicted molar refractivity (Wildman–Crippen MR) is 70.6 cm³/mol. The predicted octanol–water partition coefficient (Wildman–Crippen LogP) is 2.08. The van der Waals surface area contributed by atoms with Gasteiger partial charge in [-0.15, -0.1) is 0 Å². The highest BCUT2D eigenvalue weighted by molar-refractivity contribution is 5.77. The molecule has 1 atom stereocenters. The second-order valence-electron chi connectivity index (χ2n) is 4.00. The van der Waals surface area contributed by atoms with Crippen LogP contribution in [-0.2, 0) is 14.3 Å². The van der Waals surface area contributed by atoms with Crippen molar-refractivity contribution in [2.45, 2.75) is 20.0 Å². The van der Waals surface area contributed by atoms with Gasteiger partial charge in [0, 0.05) is 18.7 Å². The lowest BCUT2D eigenvalue weighted by atomic mass is 10.3. The number of carbonyl (C=O) groups is 1. The summed E-state index contributed by atoms with van der Waals surface area (Å²) in [5.41, 5.74) is -0.494. The standard InChI is InChI=1S/C13H16FNO6/c1-3-19-6-7-20-9(2)13(16)21-12-8-10(14)4-5-11(12)15(17)18/h4-5,8-9H,3,6-7H2,1-2H3. The molecule has 0 aromatic heterocycles. The monoisotopic (exact) mass is 301 g/mol. The van der Waals surface area contributed by atoms with Gasteiger partial charge in [-0.25, -0.2) is 9.18 Å². The molecule has 0 N–H and O–H groups in total. The fourth-order valence-electron chi connectivity index (χ4n) is 1.41. The molecule has 1 rings (SSSR count). The number of ether oxygens (including phenoxy) is 3. The van der Waals surface area contributed by atoms with Crippen LogP contribution in [0.1, 0.15) is 13.8 Å². The van der Waals surface area contributed by atoms with Crippen LogP contribution in [-0.4, -0.2) is 36.8 Å². The zero-order chi connectivity index (χ0) is 15.8. The van der Waals surface area contributed by atoms with E-state index in [1.54, 1.807) is 0 Å². The number of hydrogen-bond donors (Lipinski definition) is 0. The van der Waals surface area contributed by atoms with E-state index < -0.39 is 34.3 Å². The molecule has 7 nitrogen and oxygen atoms in total. The molecule has 0 aliphatic rings. The van der Waals surface area contributed by atoms with Crippen LogP contribution >= 0.6 is 0 Å². The molecule has 0 amide bonds. The molecule has 0 heterocycles. The third-order valence-electron chi connectivity index (χ3n) is 2.46. The Bertz CT molecular complexity index is 507. The highest BCUT2D eigenvalue weighted by Crippen LogP contribution is 2.27. The highest BCUT2D eigenvalue weighted by atomic mass is 19.1. The van der Waals surface area contributed by atoms with Crippen LogP contribution in [0.5, 0.6) is 5.75 Å². The third-order valence-corrected chi connectivity index (χ3v) is 2.46. The first-order chi connectivity index (χ1) is 9.95. The van der Waals surface area contributed by atoms with Gasteiger partial charge in [0.25, 0.3) is 0 Å². The summed E-state index contributed by atoms with van der Waals surface area (Å²) >= 11 is 0. The van der Waals surface area contributed by atoms with Crippen LogP contribution in [0.2, 0.25) is 0 Å². The maximum Gasteiger partial charge on any atom is 0.340 e. The van der Waals surface area contributed by atoms with Gasteiger partial charge in [0.2, 0.25) is 5.75 Å². The second-order valence-corrected chi connectivity index (χ2v) is 4.00. The van der Waals surface area contributed by atoms with Crippen molar-refractivity contribution in [1.29, 1.82) is 0 Å². The van der Waals surface area contributed by atoms with Crippen LogP contribution in [0.3, 0.4) is 0 Å². The summed E-state index contributed by atoms with van der Waals surface area (Å²) in [5.74, 6) is -2.04. The Balaban J connectivity index is 2.65. The SMILES string of the molecule is CCOCCOC(C)C(=O)Oc1cc(F)ccc1[N+](=O)[O-]. The molecule has 1 aromatic rings. The lowest BCUT2D eigenvalue weighted by Crippen LogP contribution is -2.27. The molecule has 0 aliphatic carbocycles. The maximum atomic E-state index is 13.1. The summed E-state index contributed by atoms with van der Waals surface area (Å²) in [7, 11) is 0. The average molecular weight is 301 g/mol. The Morgan fingerprint density at radius 2 is 2.14 bits per heavy atom. The fraction of sp³-hybridized carbons (Fsp3) is 0.462. The topological polar surface area (TPSA) is 87.9 Å². The maximum absolute atomic E-state index is 13.1. The first-order valence-electron chi connectivity index (χ1n) is 6.30. The van der Waals surface area contributed by atoms with Crippen molar-refractivity contribution >= 4 is 11.7 Å². The third kappa shape index (κ3) is 5.44. The van der Waals surface area contributed by atoms with Gasteiger partial charge in [0.05, 0.1) is 18.1 Å². The summed E-state index contributed by atoms with van der Waals surface area (Å²) in [5, 5.41) is 10.8. The van der Waals surface area contributed by atoms with Gasteiger partial charge >= 0.3 is 11.7 Å². The average Bonchev–Trinajstić information content (AvgIpc) is 2.43. The van der Waals surface area contributed by atoms with Gasteiger partial charge in [0.15, 0.2) is 6.10 Å². The Kier molecular flexibility index (Phi) is 6.70. The molecule has 0 bridgehead atoms. The molecule has 8 heteroatoms. The van der Waals surface area contributed by atoms with E-state index in [1.165, 1.54) is 6.92 Å². The molecule has 116 valence electrons. The van der Waals surface area contributed by atoms with Gasteiger partial charge in [-0.3, -0.25) is 10.1 Å². The molecule has 21 heavy (non-hydrogen) atoms.